The van der Waals surface area contributed by atoms with E-state index in [-0.39, 0.29) is 31.7 Å². The summed E-state index contributed by atoms with van der Waals surface area (Å²) in [4.78, 5) is 23.8. The van der Waals surface area contributed by atoms with Crippen molar-refractivity contribution in [2.24, 2.45) is 0 Å². The first kappa shape index (κ1) is 16.3. The topological polar surface area (TPSA) is 73.9 Å². The molecule has 4 rings (SSSR count). The predicted octanol–water partition coefficient (Wildman–Crippen LogP) is 2.92. The van der Waals surface area contributed by atoms with Crippen molar-refractivity contribution >= 4 is 23.5 Å². The molecule has 2 aromatic rings. The van der Waals surface area contributed by atoms with Crippen molar-refractivity contribution in [2.45, 2.75) is 6.61 Å². The van der Waals surface area contributed by atoms with Gasteiger partial charge in [-0.3, -0.25) is 9.59 Å². The lowest BCUT2D eigenvalue weighted by molar-refractivity contribution is -0.118. The molecular weight excluding hydrogens is 341 g/mol. The van der Waals surface area contributed by atoms with Crippen molar-refractivity contribution in [1.82, 2.24) is 0 Å². The zero-order chi connectivity index (χ0) is 18.1. The zero-order valence-corrected chi connectivity index (χ0v) is 13.6. The Hall–Kier alpha value is -3.19. The number of ether oxygens (including phenoxy) is 3. The van der Waals surface area contributed by atoms with E-state index in [4.69, 9.17) is 14.2 Å². The van der Waals surface area contributed by atoms with Gasteiger partial charge in [0.25, 0.3) is 5.91 Å². The molecule has 26 heavy (non-hydrogen) atoms. The second kappa shape index (κ2) is 6.61. The van der Waals surface area contributed by atoms with Crippen LogP contribution in [0.5, 0.6) is 11.5 Å². The van der Waals surface area contributed by atoms with Gasteiger partial charge in [-0.2, -0.15) is 0 Å². The van der Waals surface area contributed by atoms with Gasteiger partial charge in [-0.15, -0.1) is 0 Å². The standard InChI is InChI=1S/C19H14FNO5/c20-14-5-12(19-13(6-14)8-24-10-26-19)1-3-16(22)11-2-4-17-15(7-11)21-18(23)9-25-17/h1-7H,8-10H2,(H,21,23). The van der Waals surface area contributed by atoms with E-state index in [2.05, 4.69) is 5.32 Å². The molecule has 0 bridgehead atoms. The maximum absolute atomic E-state index is 13.7. The van der Waals surface area contributed by atoms with Gasteiger partial charge in [-0.05, 0) is 42.5 Å². The second-order valence-corrected chi connectivity index (χ2v) is 5.84. The summed E-state index contributed by atoms with van der Waals surface area (Å²) in [7, 11) is 0. The van der Waals surface area contributed by atoms with Crippen LogP contribution in [0.15, 0.2) is 36.4 Å². The summed E-state index contributed by atoms with van der Waals surface area (Å²) >= 11 is 0. The van der Waals surface area contributed by atoms with Gasteiger partial charge in [0, 0.05) is 16.7 Å². The first-order valence-electron chi connectivity index (χ1n) is 7.92. The number of benzene rings is 2. The van der Waals surface area contributed by atoms with Gasteiger partial charge < -0.3 is 19.5 Å². The Morgan fingerprint density at radius 3 is 2.92 bits per heavy atom. The molecule has 0 unspecified atom stereocenters. The molecule has 0 atom stereocenters. The molecule has 0 aliphatic carbocycles. The molecule has 0 saturated heterocycles. The molecule has 2 aliphatic rings. The molecule has 0 aromatic heterocycles. The Balaban J connectivity index is 1.60. The van der Waals surface area contributed by atoms with Crippen LogP contribution in [0.4, 0.5) is 10.1 Å². The molecule has 2 aliphatic heterocycles. The van der Waals surface area contributed by atoms with E-state index < -0.39 is 5.82 Å². The molecule has 132 valence electrons. The van der Waals surface area contributed by atoms with E-state index in [9.17, 15) is 14.0 Å². The van der Waals surface area contributed by atoms with Crippen molar-refractivity contribution in [3.63, 3.8) is 0 Å². The number of amides is 1. The smallest absolute Gasteiger partial charge is 0.262 e. The minimum absolute atomic E-state index is 0.0470. The van der Waals surface area contributed by atoms with E-state index in [1.54, 1.807) is 18.2 Å². The van der Waals surface area contributed by atoms with Crippen LogP contribution in [0.2, 0.25) is 0 Å². The van der Waals surface area contributed by atoms with E-state index in [0.29, 0.717) is 33.9 Å². The lowest BCUT2D eigenvalue weighted by Crippen LogP contribution is -2.25. The summed E-state index contributed by atoms with van der Waals surface area (Å²) in [6, 6.07) is 7.42. The first-order valence-corrected chi connectivity index (χ1v) is 7.92. The van der Waals surface area contributed by atoms with Crippen LogP contribution in [0, 0.1) is 5.82 Å². The minimum Gasteiger partial charge on any atom is -0.482 e. The predicted molar refractivity (Wildman–Crippen MR) is 90.6 cm³/mol. The fourth-order valence-corrected chi connectivity index (χ4v) is 2.83. The number of halogens is 1. The summed E-state index contributed by atoms with van der Waals surface area (Å²) < 4.78 is 29.6. The summed E-state index contributed by atoms with van der Waals surface area (Å²) in [6.07, 6.45) is 2.84. The maximum atomic E-state index is 13.7. The second-order valence-electron chi connectivity index (χ2n) is 5.84. The number of ketones is 1. The fourth-order valence-electron chi connectivity index (χ4n) is 2.83. The number of hydrogen-bond acceptors (Lipinski definition) is 5. The molecule has 2 aromatic carbocycles. The lowest BCUT2D eigenvalue weighted by Gasteiger charge is -2.19. The largest absolute Gasteiger partial charge is 0.482 e. The van der Waals surface area contributed by atoms with Gasteiger partial charge in [-0.25, -0.2) is 4.39 Å². The van der Waals surface area contributed by atoms with Crippen molar-refractivity contribution < 1.29 is 28.2 Å². The Labute approximate surface area is 148 Å². The number of fused-ring (bicyclic) bond motifs is 2. The van der Waals surface area contributed by atoms with Crippen molar-refractivity contribution in [1.29, 1.82) is 0 Å². The Morgan fingerprint density at radius 1 is 1.15 bits per heavy atom. The molecule has 0 radical (unpaired) electrons. The van der Waals surface area contributed by atoms with Crippen molar-refractivity contribution in [2.75, 3.05) is 18.7 Å². The highest BCUT2D eigenvalue weighted by atomic mass is 19.1. The highest BCUT2D eigenvalue weighted by molar-refractivity contribution is 6.08. The highest BCUT2D eigenvalue weighted by Gasteiger charge is 2.18. The lowest BCUT2D eigenvalue weighted by atomic mass is 10.0. The normalized spacial score (nSPS) is 15.5. The van der Waals surface area contributed by atoms with Gasteiger partial charge >= 0.3 is 0 Å². The molecule has 2 heterocycles. The average Bonchev–Trinajstić information content (AvgIpc) is 2.65. The number of carbonyl (C=O) groups excluding carboxylic acids is 2. The fraction of sp³-hybridized carbons (Fsp3) is 0.158. The van der Waals surface area contributed by atoms with Gasteiger partial charge in [0.1, 0.15) is 17.3 Å². The maximum Gasteiger partial charge on any atom is 0.262 e. The molecule has 0 fully saturated rings. The van der Waals surface area contributed by atoms with Crippen LogP contribution in [0.3, 0.4) is 0 Å². The summed E-state index contributed by atoms with van der Waals surface area (Å²) in [5.74, 6) is 0.0187. The molecule has 0 spiro atoms. The van der Waals surface area contributed by atoms with Crippen molar-refractivity contribution in [3.05, 3.63) is 58.9 Å². The number of carbonyl (C=O) groups is 2. The molecule has 7 heteroatoms. The van der Waals surface area contributed by atoms with Crippen LogP contribution < -0.4 is 14.8 Å². The number of allylic oxidation sites excluding steroid dienone is 1. The molecule has 6 nitrogen and oxygen atoms in total. The molecular formula is C19H14FNO5. The first-order chi connectivity index (χ1) is 12.6. The number of anilines is 1. The molecule has 0 saturated carbocycles. The Morgan fingerprint density at radius 2 is 2.04 bits per heavy atom. The van der Waals surface area contributed by atoms with Gasteiger partial charge in [0.2, 0.25) is 0 Å². The van der Waals surface area contributed by atoms with Gasteiger partial charge in [-0.1, -0.05) is 0 Å². The van der Waals surface area contributed by atoms with Crippen LogP contribution in [-0.2, 0) is 16.1 Å². The molecule has 1 amide bonds. The zero-order valence-electron chi connectivity index (χ0n) is 13.6. The minimum atomic E-state index is -0.432. The number of rotatable bonds is 3. The SMILES string of the molecule is O=C1COc2ccc(C(=O)C=Cc3cc(F)cc4c3OCOC4)cc2N1. The van der Waals surface area contributed by atoms with Crippen LogP contribution in [0.25, 0.3) is 6.08 Å². The summed E-state index contributed by atoms with van der Waals surface area (Å²) in [6.45, 7) is 0.291. The summed E-state index contributed by atoms with van der Waals surface area (Å²) in [5, 5.41) is 2.65. The van der Waals surface area contributed by atoms with Crippen LogP contribution >= 0.6 is 0 Å². The van der Waals surface area contributed by atoms with Crippen LogP contribution in [0.1, 0.15) is 21.5 Å². The summed E-state index contributed by atoms with van der Waals surface area (Å²) in [5.41, 5.74) is 1.88. The van der Waals surface area contributed by atoms with Gasteiger partial charge in [0.05, 0.1) is 12.3 Å². The number of nitrogens with one attached hydrogen (secondary N) is 1. The quantitative estimate of drug-likeness (QED) is 0.677. The highest BCUT2D eigenvalue weighted by Crippen LogP contribution is 2.31. The monoisotopic (exact) mass is 355 g/mol. The number of hydrogen-bond donors (Lipinski definition) is 1. The van der Waals surface area contributed by atoms with E-state index in [0.717, 1.165) is 0 Å². The third kappa shape index (κ3) is 3.16. The third-order valence-corrected chi connectivity index (χ3v) is 4.01. The van der Waals surface area contributed by atoms with Gasteiger partial charge in [0.15, 0.2) is 19.2 Å². The van der Waals surface area contributed by atoms with E-state index in [1.165, 1.54) is 24.3 Å². The van der Waals surface area contributed by atoms with E-state index >= 15 is 0 Å². The van der Waals surface area contributed by atoms with E-state index in [1.807, 2.05) is 0 Å². The van der Waals surface area contributed by atoms with Crippen molar-refractivity contribution in [3.8, 4) is 11.5 Å². The average molecular weight is 355 g/mol. The Kier molecular flexibility index (Phi) is 4.14. The third-order valence-electron chi connectivity index (χ3n) is 4.01. The van der Waals surface area contributed by atoms with Crippen LogP contribution in [-0.4, -0.2) is 25.1 Å². The molecule has 1 N–H and O–H groups in total. The Bertz CT molecular complexity index is 938.